The van der Waals surface area contributed by atoms with E-state index in [1.54, 1.807) is 0 Å². The first-order chi connectivity index (χ1) is 14.8. The molecule has 166 valence electrons. The van der Waals surface area contributed by atoms with Gasteiger partial charge in [-0.2, -0.15) is 0 Å². The Hall–Kier alpha value is -2.86. The number of benzene rings is 2. The first kappa shape index (κ1) is 22.8. The molecule has 2 N–H and O–H groups in total. The van der Waals surface area contributed by atoms with E-state index in [1.807, 2.05) is 44.2 Å². The first-order valence-electron chi connectivity index (χ1n) is 11.0. The molecular formula is C25H33N3O3. The van der Waals surface area contributed by atoms with Crippen molar-refractivity contribution in [2.24, 2.45) is 5.92 Å². The Morgan fingerprint density at radius 2 is 1.68 bits per heavy atom. The highest BCUT2D eigenvalue weighted by Gasteiger charge is 2.19. The van der Waals surface area contributed by atoms with E-state index in [0.717, 1.165) is 49.5 Å². The van der Waals surface area contributed by atoms with Crippen LogP contribution >= 0.6 is 0 Å². The lowest BCUT2D eigenvalue weighted by Crippen LogP contribution is -2.37. The van der Waals surface area contributed by atoms with Crippen molar-refractivity contribution in [2.75, 3.05) is 36.5 Å². The van der Waals surface area contributed by atoms with E-state index in [2.05, 4.69) is 41.5 Å². The molecule has 6 nitrogen and oxygen atoms in total. The molecule has 1 atom stereocenters. The zero-order valence-electron chi connectivity index (χ0n) is 18.9. The van der Waals surface area contributed by atoms with Crippen LogP contribution in [-0.2, 0) is 20.7 Å². The normalized spacial score (nSPS) is 14.9. The van der Waals surface area contributed by atoms with Gasteiger partial charge in [-0.1, -0.05) is 38.1 Å². The van der Waals surface area contributed by atoms with E-state index in [4.69, 9.17) is 4.74 Å². The average molecular weight is 424 g/mol. The molecule has 2 aromatic rings. The Bertz CT molecular complexity index is 903. The summed E-state index contributed by atoms with van der Waals surface area (Å²) in [6, 6.07) is 13.8. The highest BCUT2D eigenvalue weighted by atomic mass is 16.5. The Labute approximate surface area is 185 Å². The van der Waals surface area contributed by atoms with E-state index in [9.17, 15) is 9.59 Å². The van der Waals surface area contributed by atoms with Crippen molar-refractivity contribution in [3.05, 3.63) is 59.2 Å². The molecule has 0 aliphatic carbocycles. The second-order valence-electron chi connectivity index (χ2n) is 8.59. The smallest absolute Gasteiger partial charge is 0.313 e. The molecule has 0 bridgehead atoms. The molecule has 1 aliphatic rings. The van der Waals surface area contributed by atoms with E-state index in [-0.39, 0.29) is 6.04 Å². The monoisotopic (exact) mass is 423 g/mol. The van der Waals surface area contributed by atoms with Gasteiger partial charge in [0.25, 0.3) is 0 Å². The number of hydrogen-bond donors (Lipinski definition) is 2. The highest BCUT2D eigenvalue weighted by molar-refractivity contribution is 6.39. The quantitative estimate of drug-likeness (QED) is 0.693. The van der Waals surface area contributed by atoms with Gasteiger partial charge in [-0.3, -0.25) is 9.59 Å². The number of rotatable bonds is 6. The summed E-state index contributed by atoms with van der Waals surface area (Å²) in [5, 5.41) is 5.52. The standard InChI is InChI=1S/C25H33N3O3/c1-17(2)15-20-5-7-21(8-6-20)19(4)26-24(29)25(30)27-23-10-9-22(16-18(23)3)28-11-13-31-14-12-28/h5-10,16-17,19H,11-15H2,1-4H3,(H,26,29)(H,27,30). The summed E-state index contributed by atoms with van der Waals surface area (Å²) in [6.07, 6.45) is 1.02. The molecule has 0 radical (unpaired) electrons. The molecule has 2 aromatic carbocycles. The molecule has 1 saturated heterocycles. The van der Waals surface area contributed by atoms with Crippen LogP contribution in [0.4, 0.5) is 11.4 Å². The van der Waals surface area contributed by atoms with Crippen molar-refractivity contribution in [3.8, 4) is 0 Å². The molecule has 0 aromatic heterocycles. The van der Waals surface area contributed by atoms with E-state index < -0.39 is 11.8 Å². The maximum absolute atomic E-state index is 12.4. The first-order valence-corrected chi connectivity index (χ1v) is 11.0. The van der Waals surface area contributed by atoms with Crippen LogP contribution in [-0.4, -0.2) is 38.1 Å². The van der Waals surface area contributed by atoms with Crippen molar-refractivity contribution < 1.29 is 14.3 Å². The van der Waals surface area contributed by atoms with Crippen LogP contribution in [0, 0.1) is 12.8 Å². The fraction of sp³-hybridized carbons (Fsp3) is 0.440. The zero-order valence-corrected chi connectivity index (χ0v) is 18.9. The third kappa shape index (κ3) is 6.31. The van der Waals surface area contributed by atoms with Crippen LogP contribution in [0.15, 0.2) is 42.5 Å². The summed E-state index contributed by atoms with van der Waals surface area (Å²) >= 11 is 0. The third-order valence-corrected chi connectivity index (χ3v) is 5.51. The van der Waals surface area contributed by atoms with Gasteiger partial charge < -0.3 is 20.3 Å². The van der Waals surface area contributed by atoms with Gasteiger partial charge in [-0.15, -0.1) is 0 Å². The molecule has 3 rings (SSSR count). The van der Waals surface area contributed by atoms with Gasteiger partial charge in [0.05, 0.1) is 19.3 Å². The summed E-state index contributed by atoms with van der Waals surface area (Å²) < 4.78 is 5.40. The number of amides is 2. The second-order valence-corrected chi connectivity index (χ2v) is 8.59. The molecule has 1 heterocycles. The molecule has 1 unspecified atom stereocenters. The van der Waals surface area contributed by atoms with Gasteiger partial charge in [0.15, 0.2) is 0 Å². The lowest BCUT2D eigenvalue weighted by molar-refractivity contribution is -0.136. The van der Waals surface area contributed by atoms with E-state index in [1.165, 1.54) is 5.56 Å². The molecule has 1 aliphatic heterocycles. The molecule has 6 heteroatoms. The summed E-state index contributed by atoms with van der Waals surface area (Å²) in [7, 11) is 0. The van der Waals surface area contributed by atoms with Gasteiger partial charge in [0.1, 0.15) is 0 Å². The number of nitrogens with zero attached hydrogens (tertiary/aromatic N) is 1. The molecular weight excluding hydrogens is 390 g/mol. The van der Waals surface area contributed by atoms with E-state index in [0.29, 0.717) is 11.6 Å². The van der Waals surface area contributed by atoms with Crippen LogP contribution in [0.1, 0.15) is 43.5 Å². The van der Waals surface area contributed by atoms with Crippen LogP contribution < -0.4 is 15.5 Å². The maximum Gasteiger partial charge on any atom is 0.313 e. The van der Waals surface area contributed by atoms with Gasteiger partial charge in [0, 0.05) is 24.5 Å². The minimum atomic E-state index is -0.662. The van der Waals surface area contributed by atoms with Crippen molar-refractivity contribution in [1.29, 1.82) is 0 Å². The van der Waals surface area contributed by atoms with Crippen LogP contribution in [0.25, 0.3) is 0 Å². The summed E-state index contributed by atoms with van der Waals surface area (Å²) in [5.74, 6) is -0.709. The van der Waals surface area contributed by atoms with Gasteiger partial charge in [-0.25, -0.2) is 0 Å². The topological polar surface area (TPSA) is 70.7 Å². The van der Waals surface area contributed by atoms with Crippen LogP contribution in [0.2, 0.25) is 0 Å². The van der Waals surface area contributed by atoms with Crippen molar-refractivity contribution >= 4 is 23.2 Å². The molecule has 0 spiro atoms. The minimum absolute atomic E-state index is 0.254. The Balaban J connectivity index is 1.56. The van der Waals surface area contributed by atoms with Crippen molar-refractivity contribution in [1.82, 2.24) is 5.32 Å². The van der Waals surface area contributed by atoms with Gasteiger partial charge in [-0.05, 0) is 61.1 Å². The Kier molecular flexibility index (Phi) is 7.69. The number of hydrogen-bond acceptors (Lipinski definition) is 4. The zero-order chi connectivity index (χ0) is 22.4. The van der Waals surface area contributed by atoms with Crippen LogP contribution in [0.3, 0.4) is 0 Å². The van der Waals surface area contributed by atoms with Crippen LogP contribution in [0.5, 0.6) is 0 Å². The maximum atomic E-state index is 12.4. The SMILES string of the molecule is Cc1cc(N2CCOCC2)ccc1NC(=O)C(=O)NC(C)c1ccc(CC(C)C)cc1. The number of nitrogens with one attached hydrogen (secondary N) is 2. The Morgan fingerprint density at radius 3 is 2.29 bits per heavy atom. The highest BCUT2D eigenvalue weighted by Crippen LogP contribution is 2.23. The lowest BCUT2D eigenvalue weighted by atomic mass is 10.00. The predicted molar refractivity (Wildman–Crippen MR) is 124 cm³/mol. The molecule has 1 fully saturated rings. The molecule has 2 amide bonds. The molecule has 0 saturated carbocycles. The number of ether oxygens (including phenoxy) is 1. The van der Waals surface area contributed by atoms with E-state index >= 15 is 0 Å². The summed E-state index contributed by atoms with van der Waals surface area (Å²) in [4.78, 5) is 27.1. The largest absolute Gasteiger partial charge is 0.378 e. The number of carbonyl (C=O) groups excluding carboxylic acids is 2. The lowest BCUT2D eigenvalue weighted by Gasteiger charge is -2.29. The summed E-state index contributed by atoms with van der Waals surface area (Å²) in [6.45, 7) is 11.3. The number of aryl methyl sites for hydroxylation is 1. The number of carbonyl (C=O) groups is 2. The van der Waals surface area contributed by atoms with Gasteiger partial charge >= 0.3 is 11.8 Å². The summed E-state index contributed by atoms with van der Waals surface area (Å²) in [5.41, 5.74) is 4.89. The predicted octanol–water partition coefficient (Wildman–Crippen LogP) is 3.85. The second kappa shape index (κ2) is 10.4. The minimum Gasteiger partial charge on any atom is -0.378 e. The fourth-order valence-corrected chi connectivity index (χ4v) is 3.74. The molecule has 31 heavy (non-hydrogen) atoms. The fourth-order valence-electron chi connectivity index (χ4n) is 3.74. The number of morpholine rings is 1. The average Bonchev–Trinajstić information content (AvgIpc) is 2.75. The van der Waals surface area contributed by atoms with Crippen molar-refractivity contribution in [3.63, 3.8) is 0 Å². The third-order valence-electron chi connectivity index (χ3n) is 5.51. The Morgan fingerprint density at radius 1 is 1.00 bits per heavy atom. The van der Waals surface area contributed by atoms with Gasteiger partial charge in [0.2, 0.25) is 0 Å². The number of anilines is 2. The van der Waals surface area contributed by atoms with Crippen molar-refractivity contribution in [2.45, 2.75) is 40.2 Å².